The van der Waals surface area contributed by atoms with Crippen LogP contribution in [0, 0.1) is 0 Å². The summed E-state index contributed by atoms with van der Waals surface area (Å²) in [5.41, 5.74) is 4.73. The summed E-state index contributed by atoms with van der Waals surface area (Å²) in [4.78, 5) is 7.12. The van der Waals surface area contributed by atoms with Crippen molar-refractivity contribution in [3.8, 4) is 16.9 Å². The first-order valence-corrected chi connectivity index (χ1v) is 9.14. The lowest BCUT2D eigenvalue weighted by atomic mass is 9.94. The average Bonchev–Trinajstić information content (AvgIpc) is 2.61. The molecule has 122 valence electrons. The molecule has 1 aliphatic rings. The number of pyridine rings is 1. The third-order valence-corrected chi connectivity index (χ3v) is 5.26. The smallest absolute Gasteiger partial charge is 0.127 e. The zero-order chi connectivity index (χ0) is 16.5. The van der Waals surface area contributed by atoms with Crippen LogP contribution < -0.4 is 4.74 Å². The number of fused-ring (bicyclic) bond motifs is 5. The number of hydrogen-bond donors (Lipinski definition) is 0. The van der Waals surface area contributed by atoms with Crippen LogP contribution in [0.2, 0.25) is 0 Å². The van der Waals surface area contributed by atoms with Gasteiger partial charge in [0, 0.05) is 34.4 Å². The lowest BCUT2D eigenvalue weighted by molar-refractivity contribution is 0.298. The van der Waals surface area contributed by atoms with E-state index < -0.39 is 0 Å². The maximum atomic E-state index is 6.00. The number of nitrogens with zero attached hydrogens (tertiary/aromatic N) is 2. The van der Waals surface area contributed by atoms with Gasteiger partial charge in [0.15, 0.2) is 0 Å². The molecule has 2 aromatic carbocycles. The van der Waals surface area contributed by atoms with Crippen molar-refractivity contribution in [2.24, 2.45) is 0 Å². The third-order valence-electron chi connectivity index (χ3n) is 4.26. The molecule has 0 saturated heterocycles. The number of rotatable bonds is 4. The molecule has 4 heteroatoms. The summed E-state index contributed by atoms with van der Waals surface area (Å²) in [6.45, 7) is 1.62. The predicted molar refractivity (Wildman–Crippen MR) is 101 cm³/mol. The molecule has 0 aliphatic carbocycles. The molecule has 0 radical (unpaired) electrons. The zero-order valence-corrected chi connectivity index (χ0v) is 14.8. The Balaban J connectivity index is 1.88. The van der Waals surface area contributed by atoms with Crippen molar-refractivity contribution >= 4 is 22.7 Å². The van der Waals surface area contributed by atoms with Crippen LogP contribution in [0.3, 0.4) is 0 Å². The molecule has 0 atom stereocenters. The van der Waals surface area contributed by atoms with Crippen LogP contribution in [0.15, 0.2) is 53.6 Å². The lowest BCUT2D eigenvalue weighted by Crippen LogP contribution is -2.15. The Kier molecular flexibility index (Phi) is 4.17. The molecule has 0 fully saturated rings. The van der Waals surface area contributed by atoms with Gasteiger partial charge in [0.2, 0.25) is 0 Å². The summed E-state index contributed by atoms with van der Waals surface area (Å²) < 4.78 is 6.00. The third kappa shape index (κ3) is 2.76. The Morgan fingerprint density at radius 3 is 2.75 bits per heavy atom. The maximum absolute atomic E-state index is 6.00. The molecule has 0 saturated carbocycles. The van der Waals surface area contributed by atoms with Gasteiger partial charge in [-0.3, -0.25) is 0 Å². The van der Waals surface area contributed by atoms with Crippen LogP contribution in [0.5, 0.6) is 5.75 Å². The van der Waals surface area contributed by atoms with Gasteiger partial charge in [-0.1, -0.05) is 36.4 Å². The molecule has 0 amide bonds. The van der Waals surface area contributed by atoms with Crippen LogP contribution in [0.25, 0.3) is 22.0 Å². The van der Waals surface area contributed by atoms with Crippen molar-refractivity contribution in [3.05, 3.63) is 54.1 Å². The minimum Gasteiger partial charge on any atom is -0.488 e. The minimum absolute atomic E-state index is 0.592. The topological polar surface area (TPSA) is 25.4 Å². The Bertz CT molecular complexity index is 892. The molecule has 2 heterocycles. The van der Waals surface area contributed by atoms with E-state index in [1.165, 1.54) is 22.1 Å². The summed E-state index contributed by atoms with van der Waals surface area (Å²) in [6.07, 6.45) is 0. The summed E-state index contributed by atoms with van der Waals surface area (Å²) >= 11 is 1.82. The first-order valence-electron chi connectivity index (χ1n) is 8.15. The van der Waals surface area contributed by atoms with Gasteiger partial charge >= 0.3 is 0 Å². The molecule has 0 unspecified atom stereocenters. The first kappa shape index (κ1) is 15.5. The van der Waals surface area contributed by atoms with Gasteiger partial charge in [-0.2, -0.15) is 0 Å². The molecule has 0 bridgehead atoms. The molecule has 1 aromatic heterocycles. The van der Waals surface area contributed by atoms with Crippen LogP contribution in [-0.4, -0.2) is 36.3 Å². The van der Waals surface area contributed by atoms with E-state index in [4.69, 9.17) is 9.72 Å². The van der Waals surface area contributed by atoms with Crippen LogP contribution in [0.1, 0.15) is 5.56 Å². The number of aromatic nitrogens is 1. The highest BCUT2D eigenvalue weighted by molar-refractivity contribution is 7.99. The van der Waals surface area contributed by atoms with Crippen molar-refractivity contribution in [2.45, 2.75) is 11.6 Å². The number of benzene rings is 2. The fourth-order valence-electron chi connectivity index (χ4n) is 3.06. The summed E-state index contributed by atoms with van der Waals surface area (Å²) in [7, 11) is 4.20. The number of ether oxygens (including phenoxy) is 1. The van der Waals surface area contributed by atoms with E-state index in [-0.39, 0.29) is 0 Å². The second kappa shape index (κ2) is 6.46. The second-order valence-corrected chi connectivity index (χ2v) is 7.31. The monoisotopic (exact) mass is 336 g/mol. The fraction of sp³-hybridized carbons (Fsp3) is 0.250. The van der Waals surface area contributed by atoms with Gasteiger partial charge < -0.3 is 9.64 Å². The van der Waals surface area contributed by atoms with Gasteiger partial charge in [0.25, 0.3) is 0 Å². The Morgan fingerprint density at radius 1 is 1.08 bits per heavy atom. The van der Waals surface area contributed by atoms with E-state index in [1.54, 1.807) is 0 Å². The molecule has 4 rings (SSSR count). The van der Waals surface area contributed by atoms with E-state index >= 15 is 0 Å². The fourth-order valence-corrected chi connectivity index (χ4v) is 4.21. The number of hydrogen-bond acceptors (Lipinski definition) is 4. The summed E-state index contributed by atoms with van der Waals surface area (Å²) in [5, 5.41) is 2.31. The van der Waals surface area contributed by atoms with Gasteiger partial charge in [-0.25, -0.2) is 4.98 Å². The van der Waals surface area contributed by atoms with Crippen molar-refractivity contribution in [2.75, 3.05) is 26.4 Å². The Labute approximate surface area is 146 Å². The molecule has 3 nitrogen and oxygen atoms in total. The highest BCUT2D eigenvalue weighted by Crippen LogP contribution is 2.44. The molecule has 1 aliphatic heterocycles. The molecule has 3 aromatic rings. The van der Waals surface area contributed by atoms with Gasteiger partial charge in [-0.05, 0) is 26.2 Å². The van der Waals surface area contributed by atoms with Gasteiger partial charge in [0.1, 0.15) is 17.4 Å². The normalized spacial score (nSPS) is 12.8. The van der Waals surface area contributed by atoms with E-state index in [2.05, 4.69) is 55.4 Å². The largest absolute Gasteiger partial charge is 0.488 e. The van der Waals surface area contributed by atoms with Gasteiger partial charge in [0.05, 0.1) is 5.52 Å². The molecular formula is C20H20N2OS. The highest BCUT2D eigenvalue weighted by atomic mass is 32.2. The average molecular weight is 336 g/mol. The molecular weight excluding hydrogens is 316 g/mol. The van der Waals surface area contributed by atoms with Gasteiger partial charge in [-0.15, -0.1) is 11.8 Å². The van der Waals surface area contributed by atoms with Crippen LogP contribution in [0.4, 0.5) is 0 Å². The van der Waals surface area contributed by atoms with E-state index in [0.717, 1.165) is 28.6 Å². The summed E-state index contributed by atoms with van der Waals surface area (Å²) in [6, 6.07) is 16.7. The molecule has 24 heavy (non-hydrogen) atoms. The lowest BCUT2D eigenvalue weighted by Gasteiger charge is -2.24. The Morgan fingerprint density at radius 2 is 1.88 bits per heavy atom. The second-order valence-electron chi connectivity index (χ2n) is 6.22. The zero-order valence-electron chi connectivity index (χ0n) is 14.0. The molecule has 0 spiro atoms. The quantitative estimate of drug-likeness (QED) is 0.657. The standard InChI is InChI=1S/C20H20N2OS/c1-22(2)11-12-24-20-16-13-23-18-10-6-4-8-15(18)19(16)14-7-3-5-9-17(14)21-20/h3-10H,11-13H2,1-2H3. The Hall–Kier alpha value is -2.04. The summed E-state index contributed by atoms with van der Waals surface area (Å²) in [5.74, 6) is 1.98. The first-order chi connectivity index (χ1) is 11.7. The van der Waals surface area contributed by atoms with E-state index in [0.29, 0.717) is 6.61 Å². The van der Waals surface area contributed by atoms with E-state index in [9.17, 15) is 0 Å². The van der Waals surface area contributed by atoms with Crippen molar-refractivity contribution in [3.63, 3.8) is 0 Å². The van der Waals surface area contributed by atoms with Crippen LogP contribution >= 0.6 is 11.8 Å². The van der Waals surface area contributed by atoms with Crippen molar-refractivity contribution < 1.29 is 4.74 Å². The SMILES string of the molecule is CN(C)CCSc1nc2ccccc2c2c1COc1ccccc1-2. The van der Waals surface area contributed by atoms with Crippen molar-refractivity contribution in [1.29, 1.82) is 0 Å². The maximum Gasteiger partial charge on any atom is 0.127 e. The highest BCUT2D eigenvalue weighted by Gasteiger charge is 2.23. The minimum atomic E-state index is 0.592. The molecule has 0 N–H and O–H groups in total. The number of thioether (sulfide) groups is 1. The predicted octanol–water partition coefficient (Wildman–Crippen LogP) is 4.45. The number of para-hydroxylation sites is 2. The van der Waals surface area contributed by atoms with Crippen LogP contribution in [-0.2, 0) is 6.61 Å². The van der Waals surface area contributed by atoms with Crippen molar-refractivity contribution in [1.82, 2.24) is 9.88 Å². The van der Waals surface area contributed by atoms with E-state index in [1.807, 2.05) is 23.9 Å².